The number of nitrogens with one attached hydrogen (secondary N) is 1. The van der Waals surface area contributed by atoms with Crippen LogP contribution in [0.3, 0.4) is 0 Å². The summed E-state index contributed by atoms with van der Waals surface area (Å²) in [7, 11) is 1.73. The van der Waals surface area contributed by atoms with Crippen LogP contribution in [0.2, 0.25) is 0 Å². The molecule has 2 aromatic carbocycles. The van der Waals surface area contributed by atoms with Gasteiger partial charge in [0, 0.05) is 0 Å². The molecule has 0 saturated carbocycles. The molecule has 3 heteroatoms. The van der Waals surface area contributed by atoms with Gasteiger partial charge in [-0.05, 0) is 29.8 Å². The molecule has 0 amide bonds. The van der Waals surface area contributed by atoms with Crippen molar-refractivity contribution in [3.8, 4) is 0 Å². The van der Waals surface area contributed by atoms with Crippen LogP contribution in [0.15, 0.2) is 42.5 Å². The highest BCUT2D eigenvalue weighted by molar-refractivity contribution is 5.85. The average molecular weight is 231 g/mol. The standard InChI is InChI=1S/C14H17NO2/c1-15-13(14(16)17)9-11-7-4-6-10-5-2-3-8-12(10)11/h2-8,13-17H,9H2,1H3. The second kappa shape index (κ2) is 5.27. The van der Waals surface area contributed by atoms with Crippen molar-refractivity contribution in [1.29, 1.82) is 0 Å². The maximum absolute atomic E-state index is 9.24. The first-order valence-electron chi connectivity index (χ1n) is 5.72. The van der Waals surface area contributed by atoms with Crippen molar-refractivity contribution >= 4 is 10.8 Å². The van der Waals surface area contributed by atoms with Gasteiger partial charge in [0.05, 0.1) is 6.04 Å². The average Bonchev–Trinajstić information content (AvgIpc) is 2.35. The first-order chi connectivity index (χ1) is 8.22. The second-order valence-electron chi connectivity index (χ2n) is 4.15. The number of hydrogen-bond donors (Lipinski definition) is 3. The fourth-order valence-electron chi connectivity index (χ4n) is 2.06. The third-order valence-electron chi connectivity index (χ3n) is 3.05. The summed E-state index contributed by atoms with van der Waals surface area (Å²) < 4.78 is 0. The van der Waals surface area contributed by atoms with Crippen molar-refractivity contribution in [1.82, 2.24) is 5.32 Å². The summed E-state index contributed by atoms with van der Waals surface area (Å²) in [5.74, 6) is 0. The summed E-state index contributed by atoms with van der Waals surface area (Å²) in [6.45, 7) is 0. The van der Waals surface area contributed by atoms with E-state index in [-0.39, 0.29) is 6.04 Å². The van der Waals surface area contributed by atoms with Crippen LogP contribution in [0.25, 0.3) is 10.8 Å². The predicted octanol–water partition coefficient (Wildman–Crippen LogP) is 1.28. The van der Waals surface area contributed by atoms with Crippen molar-refractivity contribution < 1.29 is 10.2 Å². The van der Waals surface area contributed by atoms with E-state index in [2.05, 4.69) is 23.5 Å². The first-order valence-corrected chi connectivity index (χ1v) is 5.72. The molecule has 2 rings (SSSR count). The van der Waals surface area contributed by atoms with Crippen molar-refractivity contribution in [3.63, 3.8) is 0 Å². The zero-order chi connectivity index (χ0) is 12.3. The number of aliphatic hydroxyl groups is 2. The van der Waals surface area contributed by atoms with E-state index in [1.807, 2.05) is 24.3 Å². The Morgan fingerprint density at radius 1 is 1.06 bits per heavy atom. The van der Waals surface area contributed by atoms with Gasteiger partial charge in [-0.15, -0.1) is 0 Å². The maximum Gasteiger partial charge on any atom is 0.167 e. The molecule has 0 aromatic heterocycles. The molecule has 1 unspecified atom stereocenters. The Hall–Kier alpha value is -1.42. The summed E-state index contributed by atoms with van der Waals surface area (Å²) in [6, 6.07) is 13.8. The van der Waals surface area contributed by atoms with E-state index in [0.29, 0.717) is 6.42 Å². The third-order valence-corrected chi connectivity index (χ3v) is 3.05. The lowest BCUT2D eigenvalue weighted by molar-refractivity contribution is -0.0649. The fourth-order valence-corrected chi connectivity index (χ4v) is 2.06. The molecule has 90 valence electrons. The first kappa shape index (κ1) is 12.0. The Morgan fingerprint density at radius 2 is 1.76 bits per heavy atom. The Bertz CT molecular complexity index is 491. The van der Waals surface area contributed by atoms with Crippen LogP contribution in [0.4, 0.5) is 0 Å². The molecule has 2 aromatic rings. The number of rotatable bonds is 4. The van der Waals surface area contributed by atoms with Gasteiger partial charge in [-0.1, -0.05) is 42.5 Å². The van der Waals surface area contributed by atoms with Crippen LogP contribution in [0.1, 0.15) is 5.56 Å². The molecule has 0 fully saturated rings. The molecule has 0 spiro atoms. The number of hydrogen-bond acceptors (Lipinski definition) is 3. The van der Waals surface area contributed by atoms with Gasteiger partial charge in [0.1, 0.15) is 0 Å². The smallest absolute Gasteiger partial charge is 0.167 e. The lowest BCUT2D eigenvalue weighted by atomic mass is 9.98. The predicted molar refractivity (Wildman–Crippen MR) is 68.7 cm³/mol. The van der Waals surface area contributed by atoms with Gasteiger partial charge in [-0.25, -0.2) is 0 Å². The molecule has 0 heterocycles. The molecule has 0 aliphatic heterocycles. The molecule has 1 atom stereocenters. The van der Waals surface area contributed by atoms with Crippen LogP contribution >= 0.6 is 0 Å². The van der Waals surface area contributed by atoms with Crippen molar-refractivity contribution in [3.05, 3.63) is 48.0 Å². The van der Waals surface area contributed by atoms with E-state index < -0.39 is 6.29 Å². The topological polar surface area (TPSA) is 52.5 Å². The van der Waals surface area contributed by atoms with Crippen molar-refractivity contribution in [2.24, 2.45) is 0 Å². The Labute approximate surface area is 101 Å². The van der Waals surface area contributed by atoms with Gasteiger partial charge in [-0.3, -0.25) is 0 Å². The molecule has 0 aliphatic carbocycles. The van der Waals surface area contributed by atoms with Crippen molar-refractivity contribution in [2.45, 2.75) is 18.8 Å². The van der Waals surface area contributed by atoms with E-state index in [1.54, 1.807) is 7.05 Å². The lowest BCUT2D eigenvalue weighted by Crippen LogP contribution is -2.39. The van der Waals surface area contributed by atoms with Gasteiger partial charge >= 0.3 is 0 Å². The highest BCUT2D eigenvalue weighted by atomic mass is 16.5. The number of aliphatic hydroxyl groups excluding tert-OH is 1. The molecular formula is C14H17NO2. The third kappa shape index (κ3) is 2.64. The van der Waals surface area contributed by atoms with Crippen LogP contribution in [0, 0.1) is 0 Å². The summed E-state index contributed by atoms with van der Waals surface area (Å²) in [5.41, 5.74) is 1.12. The van der Waals surface area contributed by atoms with E-state index in [1.165, 1.54) is 5.39 Å². The molecular weight excluding hydrogens is 214 g/mol. The van der Waals surface area contributed by atoms with E-state index in [0.717, 1.165) is 10.9 Å². The van der Waals surface area contributed by atoms with Gasteiger partial charge in [-0.2, -0.15) is 0 Å². The minimum atomic E-state index is -1.35. The molecule has 0 radical (unpaired) electrons. The summed E-state index contributed by atoms with van der Waals surface area (Å²) in [5, 5.41) is 23.7. The Kier molecular flexibility index (Phi) is 3.74. The molecule has 17 heavy (non-hydrogen) atoms. The van der Waals surface area contributed by atoms with Crippen molar-refractivity contribution in [2.75, 3.05) is 7.05 Å². The Morgan fingerprint density at radius 3 is 2.47 bits per heavy atom. The fraction of sp³-hybridized carbons (Fsp3) is 0.286. The quantitative estimate of drug-likeness (QED) is 0.695. The molecule has 0 saturated heterocycles. The number of fused-ring (bicyclic) bond motifs is 1. The van der Waals surface area contributed by atoms with Gasteiger partial charge in [0.2, 0.25) is 0 Å². The molecule has 0 bridgehead atoms. The largest absolute Gasteiger partial charge is 0.367 e. The van der Waals surface area contributed by atoms with E-state index in [9.17, 15) is 10.2 Å². The van der Waals surface area contributed by atoms with Crippen LogP contribution in [0.5, 0.6) is 0 Å². The monoisotopic (exact) mass is 231 g/mol. The van der Waals surface area contributed by atoms with Crippen LogP contribution < -0.4 is 5.32 Å². The van der Waals surface area contributed by atoms with Gasteiger partial charge in [0.25, 0.3) is 0 Å². The number of benzene rings is 2. The van der Waals surface area contributed by atoms with E-state index >= 15 is 0 Å². The van der Waals surface area contributed by atoms with E-state index in [4.69, 9.17) is 0 Å². The highest BCUT2D eigenvalue weighted by Gasteiger charge is 2.15. The second-order valence-corrected chi connectivity index (χ2v) is 4.15. The zero-order valence-electron chi connectivity index (χ0n) is 9.80. The zero-order valence-corrected chi connectivity index (χ0v) is 9.80. The minimum Gasteiger partial charge on any atom is -0.367 e. The summed E-state index contributed by atoms with van der Waals surface area (Å²) in [6.07, 6.45) is -0.755. The summed E-state index contributed by atoms with van der Waals surface area (Å²) >= 11 is 0. The number of likely N-dealkylation sites (N-methyl/N-ethyl adjacent to an activating group) is 1. The lowest BCUT2D eigenvalue weighted by Gasteiger charge is -2.19. The normalized spacial score (nSPS) is 13.2. The van der Waals surface area contributed by atoms with Crippen LogP contribution in [-0.4, -0.2) is 29.6 Å². The highest BCUT2D eigenvalue weighted by Crippen LogP contribution is 2.20. The Balaban J connectivity index is 2.35. The van der Waals surface area contributed by atoms with Crippen LogP contribution in [-0.2, 0) is 6.42 Å². The molecule has 3 N–H and O–H groups in total. The van der Waals surface area contributed by atoms with Gasteiger partial charge in [0.15, 0.2) is 6.29 Å². The summed E-state index contributed by atoms with van der Waals surface area (Å²) in [4.78, 5) is 0. The SMILES string of the molecule is CNC(Cc1cccc2ccccc12)C(O)O. The minimum absolute atomic E-state index is 0.346. The molecule has 0 aliphatic rings. The van der Waals surface area contributed by atoms with Gasteiger partial charge < -0.3 is 15.5 Å². The maximum atomic E-state index is 9.24. The molecule has 3 nitrogen and oxygen atoms in total.